The number of benzene rings is 2. The molecular weight excluding hydrogens is 774 g/mol. The fourth-order valence-electron chi connectivity index (χ4n) is 10.4. The molecule has 0 bridgehead atoms. The Kier molecular flexibility index (Phi) is 10.4. The van der Waals surface area contributed by atoms with Crippen LogP contribution in [0.2, 0.25) is 5.02 Å². The molecule has 59 heavy (non-hydrogen) atoms. The van der Waals surface area contributed by atoms with E-state index in [0.29, 0.717) is 17.2 Å². The number of piperazine rings is 1. The Labute approximate surface area is 348 Å². The molecule has 308 valence electrons. The SMILES string of the molecule is CC1(C)C(Oc2ccc(C#N)c(Cl)c2)C(C)(C)C1N1C(=O)CCC(N2C(=O)c3ccc(N4CCN(CC5CCN(c6ccc(C(N)=O)nn6)CC5)CC4)cc3C2=O)C1=O. The summed E-state index contributed by atoms with van der Waals surface area (Å²) in [6, 6.07) is 13.9. The summed E-state index contributed by atoms with van der Waals surface area (Å²) in [6.45, 7) is 13.7. The fraction of sp³-hybridized carbons (Fsp3) is 0.488. The highest BCUT2D eigenvalue weighted by Crippen LogP contribution is 2.58. The molecule has 0 radical (unpaired) electrons. The number of rotatable bonds is 9. The van der Waals surface area contributed by atoms with Gasteiger partial charge in [0, 0.05) is 74.8 Å². The van der Waals surface area contributed by atoms with E-state index in [-0.39, 0.29) is 40.6 Å². The van der Waals surface area contributed by atoms with Crippen LogP contribution in [0.5, 0.6) is 5.75 Å². The molecule has 4 aliphatic heterocycles. The summed E-state index contributed by atoms with van der Waals surface area (Å²) in [5, 5.41) is 17.7. The number of nitriles is 1. The number of halogens is 1. The second-order valence-electron chi connectivity index (χ2n) is 17.5. The second-order valence-corrected chi connectivity index (χ2v) is 17.9. The van der Waals surface area contributed by atoms with Crippen molar-refractivity contribution in [3.05, 3.63) is 75.9 Å². The van der Waals surface area contributed by atoms with Gasteiger partial charge in [0.2, 0.25) is 5.91 Å². The van der Waals surface area contributed by atoms with Crippen LogP contribution in [-0.4, -0.2) is 118 Å². The molecule has 5 amide bonds. The van der Waals surface area contributed by atoms with Gasteiger partial charge >= 0.3 is 0 Å². The van der Waals surface area contributed by atoms with Crippen LogP contribution in [0.1, 0.15) is 90.1 Å². The summed E-state index contributed by atoms with van der Waals surface area (Å²) in [5.41, 5.74) is 5.75. The number of ether oxygens (including phenoxy) is 1. The lowest BCUT2D eigenvalue weighted by molar-refractivity contribution is -0.216. The third-order valence-electron chi connectivity index (χ3n) is 13.1. The molecule has 2 aromatic carbocycles. The maximum atomic E-state index is 14.4. The molecule has 3 aromatic rings. The van der Waals surface area contributed by atoms with Crippen molar-refractivity contribution >= 4 is 52.6 Å². The van der Waals surface area contributed by atoms with Gasteiger partial charge in [-0.15, -0.1) is 10.2 Å². The molecule has 1 aliphatic carbocycles. The van der Waals surface area contributed by atoms with Gasteiger partial charge in [-0.2, -0.15) is 5.26 Å². The van der Waals surface area contributed by atoms with E-state index >= 15 is 0 Å². The minimum atomic E-state index is -1.11. The average molecular weight is 822 g/mol. The number of hydrogen-bond acceptors (Lipinski definition) is 12. The van der Waals surface area contributed by atoms with Gasteiger partial charge in [-0.3, -0.25) is 38.7 Å². The van der Waals surface area contributed by atoms with Crippen LogP contribution >= 0.6 is 11.6 Å². The fourth-order valence-corrected chi connectivity index (χ4v) is 10.6. The minimum absolute atomic E-state index is 0.0127. The number of imide groups is 2. The Morgan fingerprint density at radius 1 is 0.847 bits per heavy atom. The highest BCUT2D eigenvalue weighted by molar-refractivity contribution is 6.31. The smallest absolute Gasteiger partial charge is 0.269 e. The quantitative estimate of drug-likeness (QED) is 0.305. The van der Waals surface area contributed by atoms with Gasteiger partial charge in [0.15, 0.2) is 11.5 Å². The van der Waals surface area contributed by atoms with Crippen molar-refractivity contribution in [1.29, 1.82) is 5.26 Å². The van der Waals surface area contributed by atoms with E-state index in [9.17, 15) is 29.2 Å². The van der Waals surface area contributed by atoms with Crippen molar-refractivity contribution in [2.24, 2.45) is 22.5 Å². The normalized spacial score (nSPS) is 24.5. The van der Waals surface area contributed by atoms with E-state index < -0.39 is 52.6 Å². The number of nitrogens with zero attached hydrogens (tertiary/aromatic N) is 8. The van der Waals surface area contributed by atoms with Crippen LogP contribution in [0, 0.1) is 28.1 Å². The molecule has 3 saturated heterocycles. The standard InChI is InChI=1S/C43H48ClN9O6/c1-42(2)40(43(3,4)41(42)59-28-7-5-26(23-45)31(44)22-28)53-35(54)12-10-33(39(53)58)52-37(56)29-8-6-27(21-30(29)38(52)57)50-19-17-49(18-20-50)24-25-13-15-51(16-14-25)34-11-9-32(36(46)55)47-48-34/h5-9,11,21-22,25,33,40-41H,10,12-20,24H2,1-4H3,(H2,46,55). The third-order valence-corrected chi connectivity index (χ3v) is 13.4. The Balaban J connectivity index is 0.886. The van der Waals surface area contributed by atoms with Crippen LogP contribution in [0.15, 0.2) is 48.5 Å². The van der Waals surface area contributed by atoms with Crippen LogP contribution in [0.3, 0.4) is 0 Å². The van der Waals surface area contributed by atoms with Gasteiger partial charge in [-0.1, -0.05) is 39.3 Å². The maximum absolute atomic E-state index is 14.4. The number of likely N-dealkylation sites (tertiary alicyclic amines) is 1. The van der Waals surface area contributed by atoms with Gasteiger partial charge < -0.3 is 20.3 Å². The lowest BCUT2D eigenvalue weighted by Gasteiger charge is -2.65. The van der Waals surface area contributed by atoms with Crippen LogP contribution < -0.4 is 20.3 Å². The molecule has 1 unspecified atom stereocenters. The Morgan fingerprint density at radius 2 is 1.54 bits per heavy atom. The highest BCUT2D eigenvalue weighted by Gasteiger charge is 2.68. The molecular formula is C43H48ClN9O6. The van der Waals surface area contributed by atoms with E-state index in [0.717, 1.165) is 75.1 Å². The number of piperidine rings is 2. The predicted molar refractivity (Wildman–Crippen MR) is 218 cm³/mol. The van der Waals surface area contributed by atoms with Crippen LogP contribution in [0.4, 0.5) is 11.5 Å². The molecule has 5 heterocycles. The second kappa shape index (κ2) is 15.2. The number of amides is 5. The van der Waals surface area contributed by atoms with Crippen LogP contribution in [-0.2, 0) is 9.59 Å². The number of anilines is 2. The summed E-state index contributed by atoms with van der Waals surface area (Å²) >= 11 is 6.27. The zero-order valence-electron chi connectivity index (χ0n) is 33.7. The summed E-state index contributed by atoms with van der Waals surface area (Å²) in [5.74, 6) is -0.785. The lowest BCUT2D eigenvalue weighted by Crippen LogP contribution is -2.77. The number of hydrogen-bond donors (Lipinski definition) is 1. The Hall–Kier alpha value is -5.59. The molecule has 2 N–H and O–H groups in total. The van der Waals surface area contributed by atoms with Crippen molar-refractivity contribution in [2.45, 2.75) is 71.6 Å². The van der Waals surface area contributed by atoms with E-state index in [1.165, 1.54) is 4.90 Å². The number of nitrogens with two attached hydrogens (primary N) is 1. The van der Waals surface area contributed by atoms with Crippen molar-refractivity contribution in [3.8, 4) is 11.8 Å². The van der Waals surface area contributed by atoms with Crippen molar-refractivity contribution in [3.63, 3.8) is 0 Å². The molecule has 5 aliphatic rings. The van der Waals surface area contributed by atoms with Gasteiger partial charge in [-0.05, 0) is 67.6 Å². The van der Waals surface area contributed by atoms with Crippen molar-refractivity contribution in [2.75, 3.05) is 55.6 Å². The van der Waals surface area contributed by atoms with E-state index in [4.69, 9.17) is 22.1 Å². The third kappa shape index (κ3) is 7.05. The number of carbonyl (C=O) groups excluding carboxylic acids is 5. The van der Waals surface area contributed by atoms with E-state index in [1.807, 2.05) is 39.8 Å². The first-order chi connectivity index (χ1) is 28.1. The first-order valence-electron chi connectivity index (χ1n) is 20.2. The summed E-state index contributed by atoms with van der Waals surface area (Å²) in [4.78, 5) is 76.5. The molecule has 4 fully saturated rings. The van der Waals surface area contributed by atoms with Crippen LogP contribution in [0.25, 0.3) is 0 Å². The zero-order chi connectivity index (χ0) is 42.0. The number of fused-ring (bicyclic) bond motifs is 1. The monoisotopic (exact) mass is 821 g/mol. The largest absolute Gasteiger partial charge is 0.489 e. The predicted octanol–water partition coefficient (Wildman–Crippen LogP) is 4.13. The first kappa shape index (κ1) is 40.2. The van der Waals surface area contributed by atoms with Crippen molar-refractivity contribution in [1.82, 2.24) is 24.9 Å². The molecule has 15 nitrogen and oxygen atoms in total. The van der Waals surface area contributed by atoms with Gasteiger partial charge in [0.05, 0.1) is 27.8 Å². The molecule has 1 saturated carbocycles. The van der Waals surface area contributed by atoms with Crippen molar-refractivity contribution < 1.29 is 28.7 Å². The summed E-state index contributed by atoms with van der Waals surface area (Å²) in [6.07, 6.45) is 1.68. The Bertz CT molecular complexity index is 2240. The lowest BCUT2D eigenvalue weighted by atomic mass is 9.48. The van der Waals surface area contributed by atoms with Gasteiger partial charge in [0.1, 0.15) is 24.0 Å². The zero-order valence-corrected chi connectivity index (χ0v) is 34.4. The molecule has 1 aromatic heterocycles. The van der Waals surface area contributed by atoms with E-state index in [1.54, 1.807) is 42.5 Å². The molecule has 8 rings (SSSR count). The number of aromatic nitrogens is 2. The highest BCUT2D eigenvalue weighted by atomic mass is 35.5. The maximum Gasteiger partial charge on any atom is 0.269 e. The summed E-state index contributed by atoms with van der Waals surface area (Å²) < 4.78 is 6.40. The molecule has 16 heteroatoms. The number of primary amides is 1. The minimum Gasteiger partial charge on any atom is -0.489 e. The van der Waals surface area contributed by atoms with Gasteiger partial charge in [0.25, 0.3) is 23.6 Å². The summed E-state index contributed by atoms with van der Waals surface area (Å²) in [7, 11) is 0. The topological polar surface area (TPSA) is 186 Å². The molecule has 0 spiro atoms. The molecule has 1 atom stereocenters. The first-order valence-corrected chi connectivity index (χ1v) is 20.6. The van der Waals surface area contributed by atoms with Gasteiger partial charge in [-0.25, -0.2) is 0 Å². The number of carbonyl (C=O) groups is 5. The average Bonchev–Trinajstić information content (AvgIpc) is 3.46. The Morgan fingerprint density at radius 3 is 2.17 bits per heavy atom. The van der Waals surface area contributed by atoms with E-state index in [2.05, 4.69) is 24.9 Å².